The van der Waals surface area contributed by atoms with Gasteiger partial charge in [0.1, 0.15) is 17.4 Å². The number of hydrogen-bond donors (Lipinski definition) is 0. The van der Waals surface area contributed by atoms with Crippen molar-refractivity contribution < 1.29 is 28.4 Å². The van der Waals surface area contributed by atoms with Crippen molar-refractivity contribution in [3.63, 3.8) is 0 Å². The third kappa shape index (κ3) is 4.27. The molecule has 10 heteroatoms. The Morgan fingerprint density at radius 2 is 2.19 bits per heavy atom. The molecule has 9 nitrogen and oxygen atoms in total. The Labute approximate surface area is 159 Å². The van der Waals surface area contributed by atoms with Gasteiger partial charge in [0.05, 0.1) is 17.8 Å². The summed E-state index contributed by atoms with van der Waals surface area (Å²) in [6.07, 6.45) is 0.839. The highest BCUT2D eigenvalue weighted by atomic mass is 32.2. The number of pyridine rings is 1. The van der Waals surface area contributed by atoms with Crippen LogP contribution in [0.15, 0.2) is 27.9 Å². The monoisotopic (exact) mass is 391 g/mol. The zero-order valence-electron chi connectivity index (χ0n) is 14.8. The molecule has 1 aliphatic rings. The van der Waals surface area contributed by atoms with Crippen molar-refractivity contribution in [2.45, 2.75) is 24.6 Å². The maximum absolute atomic E-state index is 12.4. The first-order chi connectivity index (χ1) is 13.0. The summed E-state index contributed by atoms with van der Waals surface area (Å²) in [5, 5.41) is 4.37. The van der Waals surface area contributed by atoms with Gasteiger partial charge in [-0.05, 0) is 26.0 Å². The zero-order chi connectivity index (χ0) is 19.4. The number of aromatic nitrogens is 2. The van der Waals surface area contributed by atoms with Gasteiger partial charge in [0, 0.05) is 17.5 Å². The van der Waals surface area contributed by atoms with Crippen LogP contribution in [0.1, 0.15) is 27.4 Å². The highest BCUT2D eigenvalue weighted by molar-refractivity contribution is 7.98. The van der Waals surface area contributed by atoms with Crippen LogP contribution in [0.5, 0.6) is 0 Å². The fourth-order valence-electron chi connectivity index (χ4n) is 2.41. The second kappa shape index (κ2) is 8.21. The van der Waals surface area contributed by atoms with E-state index in [2.05, 4.69) is 14.9 Å². The average Bonchev–Trinajstić information content (AvgIpc) is 3.23. The zero-order valence-corrected chi connectivity index (χ0v) is 15.6. The smallest absolute Gasteiger partial charge is 0.416 e. The average molecular weight is 391 g/mol. The van der Waals surface area contributed by atoms with Crippen LogP contribution in [-0.4, -0.2) is 52.8 Å². The molecule has 3 rings (SSSR count). The predicted octanol–water partition coefficient (Wildman–Crippen LogP) is 2.11. The van der Waals surface area contributed by atoms with Gasteiger partial charge >= 0.3 is 12.1 Å². The van der Waals surface area contributed by atoms with Crippen molar-refractivity contribution in [1.82, 2.24) is 15.0 Å². The van der Waals surface area contributed by atoms with Crippen molar-refractivity contribution in [1.29, 1.82) is 0 Å². The van der Waals surface area contributed by atoms with E-state index in [0.717, 1.165) is 16.2 Å². The number of aryl methyl sites for hydroxylation is 2. The van der Waals surface area contributed by atoms with Crippen LogP contribution >= 0.6 is 11.8 Å². The number of nitrogens with zero attached hydrogens (tertiary/aromatic N) is 3. The Balaban J connectivity index is 1.63. The fraction of sp³-hybridized carbons (Fsp3) is 0.353. The molecule has 0 saturated carbocycles. The topological polar surface area (TPSA) is 112 Å². The van der Waals surface area contributed by atoms with Crippen LogP contribution in [0.4, 0.5) is 4.79 Å². The van der Waals surface area contributed by atoms with Gasteiger partial charge in [-0.15, -0.1) is 11.8 Å². The molecule has 142 valence electrons. The number of amides is 2. The number of ether oxygens (including phenoxy) is 2. The van der Waals surface area contributed by atoms with E-state index in [1.165, 1.54) is 11.8 Å². The molecule has 2 amide bonds. The minimum atomic E-state index is -0.729. The molecular weight excluding hydrogens is 374 g/mol. The van der Waals surface area contributed by atoms with Gasteiger partial charge in [-0.2, -0.15) is 0 Å². The number of carbonyl (C=O) groups is 3. The highest BCUT2D eigenvalue weighted by Crippen LogP contribution is 2.27. The third-order valence-electron chi connectivity index (χ3n) is 3.91. The Bertz CT molecular complexity index is 862. The lowest BCUT2D eigenvalue weighted by Crippen LogP contribution is -2.35. The molecule has 0 aromatic carbocycles. The Morgan fingerprint density at radius 1 is 1.37 bits per heavy atom. The molecule has 1 aliphatic heterocycles. The first-order valence-electron chi connectivity index (χ1n) is 8.11. The molecule has 0 N–H and O–H groups in total. The number of rotatable bonds is 6. The lowest BCUT2D eigenvalue weighted by molar-refractivity contribution is -0.131. The second-order valence-electron chi connectivity index (χ2n) is 5.68. The Hall–Kier alpha value is -2.88. The van der Waals surface area contributed by atoms with Gasteiger partial charge in [-0.3, -0.25) is 4.79 Å². The van der Waals surface area contributed by atoms with Crippen molar-refractivity contribution in [2.75, 3.05) is 19.8 Å². The molecule has 0 aliphatic carbocycles. The summed E-state index contributed by atoms with van der Waals surface area (Å²) < 4.78 is 14.9. The number of hydrogen-bond acceptors (Lipinski definition) is 9. The van der Waals surface area contributed by atoms with Crippen molar-refractivity contribution in [2.24, 2.45) is 0 Å². The summed E-state index contributed by atoms with van der Waals surface area (Å²) in [5.74, 6) is -0.0788. The molecule has 0 unspecified atom stereocenters. The molecule has 1 saturated heterocycles. The number of carbonyl (C=O) groups excluding carboxylic acids is 3. The van der Waals surface area contributed by atoms with Crippen LogP contribution in [0.2, 0.25) is 0 Å². The van der Waals surface area contributed by atoms with Gasteiger partial charge in [-0.1, -0.05) is 5.16 Å². The molecule has 3 heterocycles. The van der Waals surface area contributed by atoms with Crippen LogP contribution in [0.3, 0.4) is 0 Å². The number of cyclic esters (lactones) is 1. The Morgan fingerprint density at radius 3 is 2.85 bits per heavy atom. The fourth-order valence-corrected chi connectivity index (χ4v) is 3.55. The number of esters is 1. The molecule has 27 heavy (non-hydrogen) atoms. The SMILES string of the molecule is Cc1noc(C)c1CSc1ncccc1C(=O)OCC(=O)N1CCOC1=O. The maximum atomic E-state index is 12.4. The molecule has 0 bridgehead atoms. The molecule has 2 aromatic rings. The predicted molar refractivity (Wildman–Crippen MR) is 93.1 cm³/mol. The van der Waals surface area contributed by atoms with Crippen LogP contribution < -0.4 is 0 Å². The van der Waals surface area contributed by atoms with Gasteiger partial charge in [0.15, 0.2) is 6.61 Å². The van der Waals surface area contributed by atoms with Crippen LogP contribution in [0, 0.1) is 13.8 Å². The quantitative estimate of drug-likeness (QED) is 0.540. The summed E-state index contributed by atoms with van der Waals surface area (Å²) in [6, 6.07) is 3.18. The maximum Gasteiger partial charge on any atom is 0.416 e. The molecule has 0 atom stereocenters. The molecule has 1 fully saturated rings. The molecular formula is C17H17N3O6S. The van der Waals surface area contributed by atoms with Crippen LogP contribution in [-0.2, 0) is 20.0 Å². The Kier molecular flexibility index (Phi) is 5.75. The van der Waals surface area contributed by atoms with Gasteiger partial charge < -0.3 is 14.0 Å². The lowest BCUT2D eigenvalue weighted by Gasteiger charge is -2.12. The molecule has 2 aromatic heterocycles. The van der Waals surface area contributed by atoms with E-state index in [0.29, 0.717) is 16.5 Å². The summed E-state index contributed by atoms with van der Waals surface area (Å²) in [4.78, 5) is 40.8. The largest absolute Gasteiger partial charge is 0.452 e. The second-order valence-corrected chi connectivity index (χ2v) is 6.65. The highest BCUT2D eigenvalue weighted by Gasteiger charge is 2.29. The van der Waals surface area contributed by atoms with Crippen molar-refractivity contribution in [3.8, 4) is 0 Å². The van der Waals surface area contributed by atoms with E-state index < -0.39 is 24.6 Å². The third-order valence-corrected chi connectivity index (χ3v) is 4.95. The van der Waals surface area contributed by atoms with E-state index in [4.69, 9.17) is 9.26 Å². The van der Waals surface area contributed by atoms with Crippen LogP contribution in [0.25, 0.3) is 0 Å². The molecule has 0 spiro atoms. The lowest BCUT2D eigenvalue weighted by atomic mass is 10.2. The summed E-state index contributed by atoms with van der Waals surface area (Å²) in [6.45, 7) is 3.41. The summed E-state index contributed by atoms with van der Waals surface area (Å²) in [7, 11) is 0. The van der Waals surface area contributed by atoms with Crippen molar-refractivity contribution >= 4 is 29.7 Å². The van der Waals surface area contributed by atoms with E-state index in [-0.39, 0.29) is 18.7 Å². The van der Waals surface area contributed by atoms with Gasteiger partial charge in [-0.25, -0.2) is 19.5 Å². The van der Waals surface area contributed by atoms with Gasteiger partial charge in [0.25, 0.3) is 5.91 Å². The summed E-state index contributed by atoms with van der Waals surface area (Å²) in [5.41, 5.74) is 1.96. The summed E-state index contributed by atoms with van der Waals surface area (Å²) >= 11 is 1.34. The van der Waals surface area contributed by atoms with E-state index >= 15 is 0 Å². The minimum absolute atomic E-state index is 0.142. The number of thioether (sulfide) groups is 1. The molecule has 0 radical (unpaired) electrons. The number of imide groups is 1. The minimum Gasteiger partial charge on any atom is -0.452 e. The first-order valence-corrected chi connectivity index (χ1v) is 9.09. The van der Waals surface area contributed by atoms with E-state index in [9.17, 15) is 14.4 Å². The normalized spacial score (nSPS) is 13.6. The van der Waals surface area contributed by atoms with E-state index in [1.54, 1.807) is 18.3 Å². The van der Waals surface area contributed by atoms with Crippen molar-refractivity contribution in [3.05, 3.63) is 40.9 Å². The standard InChI is InChI=1S/C17H17N3O6S/c1-10-13(11(2)26-19-10)9-27-15-12(4-3-5-18-15)16(22)25-8-14(21)20-6-7-24-17(20)23/h3-5H,6-9H2,1-2H3. The van der Waals surface area contributed by atoms with Gasteiger partial charge in [0.2, 0.25) is 0 Å². The first kappa shape index (κ1) is 18.9. The van der Waals surface area contributed by atoms with E-state index in [1.807, 2.05) is 13.8 Å².